The summed E-state index contributed by atoms with van der Waals surface area (Å²) < 4.78 is 45.3. The third-order valence-corrected chi connectivity index (χ3v) is 8.11. The first-order chi connectivity index (χ1) is 19.1. The van der Waals surface area contributed by atoms with Crippen molar-refractivity contribution in [2.24, 2.45) is 0 Å². The van der Waals surface area contributed by atoms with Crippen molar-refractivity contribution in [2.45, 2.75) is 4.90 Å². The molecule has 0 atom stereocenters. The van der Waals surface area contributed by atoms with Gasteiger partial charge in [-0.2, -0.15) is 9.97 Å². The van der Waals surface area contributed by atoms with Gasteiger partial charge in [0.1, 0.15) is 5.75 Å². The monoisotopic (exact) mass is 709 g/mol. The molecule has 0 saturated carbocycles. The molecule has 11 nitrogen and oxygen atoms in total. The van der Waals surface area contributed by atoms with Crippen LogP contribution in [0.15, 0.2) is 74.5 Å². The van der Waals surface area contributed by atoms with Crippen LogP contribution in [0.2, 0.25) is 0 Å². The summed E-state index contributed by atoms with van der Waals surface area (Å²) >= 11 is 12.2. The Kier molecular flexibility index (Phi) is 9.40. The minimum Gasteiger partial charge on any atom is -0.483 e. The highest BCUT2D eigenvalue weighted by atomic mass is 79.9. The molecule has 0 saturated heterocycles. The number of carbonyl (C=O) groups is 1. The third kappa shape index (κ3) is 7.35. The lowest BCUT2D eigenvalue weighted by Crippen LogP contribution is -2.37. The molecule has 0 fully saturated rings. The Morgan fingerprint density at radius 1 is 0.975 bits per heavy atom. The average Bonchev–Trinajstić information content (AvgIpc) is 2.92. The molecule has 4 aromatic rings. The summed E-state index contributed by atoms with van der Waals surface area (Å²) in [5, 5.41) is 7.33. The lowest BCUT2D eigenvalue weighted by Gasteiger charge is -2.13. The number of ether oxygens (including phenoxy) is 3. The van der Waals surface area contributed by atoms with Crippen molar-refractivity contribution >= 4 is 87.4 Å². The molecule has 0 aliphatic rings. The molecular weight excluding hydrogens is 690 g/mol. The number of halogens is 2. The Morgan fingerprint density at radius 2 is 1.73 bits per heavy atom. The number of nitrogens with one attached hydrogen (secondary N) is 3. The smallest absolute Gasteiger partial charge is 0.321 e. The summed E-state index contributed by atoms with van der Waals surface area (Å²) in [5.74, 6) is 0.136. The van der Waals surface area contributed by atoms with Crippen LogP contribution in [0.4, 0.5) is 11.5 Å². The van der Waals surface area contributed by atoms with Crippen molar-refractivity contribution in [2.75, 3.05) is 30.9 Å². The number of amides is 1. The van der Waals surface area contributed by atoms with Gasteiger partial charge in [-0.3, -0.25) is 14.8 Å². The number of anilines is 2. The van der Waals surface area contributed by atoms with Crippen LogP contribution >= 0.6 is 44.1 Å². The van der Waals surface area contributed by atoms with Gasteiger partial charge in [-0.1, -0.05) is 28.1 Å². The fraction of sp³-hybridized carbons (Fsp3) is 0.120. The number of hydrogen-bond acceptors (Lipinski definition) is 9. The highest BCUT2D eigenvalue weighted by Crippen LogP contribution is 2.34. The Hall–Kier alpha value is -3.53. The summed E-state index contributed by atoms with van der Waals surface area (Å²) in [4.78, 5) is 20.2. The molecule has 40 heavy (non-hydrogen) atoms. The van der Waals surface area contributed by atoms with Crippen molar-refractivity contribution < 1.29 is 27.4 Å². The van der Waals surface area contributed by atoms with E-state index in [0.29, 0.717) is 11.4 Å². The van der Waals surface area contributed by atoms with Crippen LogP contribution < -0.4 is 29.6 Å². The minimum atomic E-state index is -3.99. The molecule has 1 heterocycles. The number of rotatable bonds is 9. The van der Waals surface area contributed by atoms with E-state index >= 15 is 0 Å². The molecule has 0 aliphatic carbocycles. The Bertz CT molecular complexity index is 1670. The SMILES string of the molecule is COc1cc(NS(=O)(=O)c2ccc(NC(=S)NC(=O)COc3ccc4cc(Br)ccc4c3Br)cc2)nc(OC)n1. The first-order valence-corrected chi connectivity index (χ1v) is 14.8. The number of nitrogens with zero attached hydrogens (tertiary/aromatic N) is 2. The van der Waals surface area contributed by atoms with Gasteiger partial charge in [0.15, 0.2) is 17.5 Å². The van der Waals surface area contributed by atoms with Crippen LogP contribution in [0.3, 0.4) is 0 Å². The molecule has 0 radical (unpaired) electrons. The van der Waals surface area contributed by atoms with Crippen molar-refractivity contribution in [3.05, 3.63) is 69.6 Å². The van der Waals surface area contributed by atoms with Gasteiger partial charge in [-0.25, -0.2) is 8.42 Å². The molecule has 0 aliphatic heterocycles. The first-order valence-electron chi connectivity index (χ1n) is 11.3. The Labute approximate surface area is 251 Å². The standard InChI is InChI=1S/C25H21Br2N5O6S2/c1-36-22-12-20(29-24(31-22)37-2)32-40(34,35)17-7-5-16(6-8-17)28-25(39)30-21(33)13-38-19-10-3-14-11-15(26)4-9-18(14)23(19)27/h3-12H,13H2,1-2H3,(H,29,31,32)(H2,28,30,33,39). The molecule has 0 unspecified atom stereocenters. The molecule has 208 valence electrons. The van der Waals surface area contributed by atoms with Crippen LogP contribution in [0.5, 0.6) is 17.6 Å². The minimum absolute atomic E-state index is 0.0185. The fourth-order valence-corrected chi connectivity index (χ4v) is 5.60. The van der Waals surface area contributed by atoms with Gasteiger partial charge < -0.3 is 19.5 Å². The maximum Gasteiger partial charge on any atom is 0.321 e. The predicted octanol–water partition coefficient (Wildman–Crippen LogP) is 4.86. The Balaban J connectivity index is 1.32. The van der Waals surface area contributed by atoms with E-state index in [-0.39, 0.29) is 34.3 Å². The molecule has 1 aromatic heterocycles. The maximum atomic E-state index is 12.8. The highest BCUT2D eigenvalue weighted by molar-refractivity contribution is 9.11. The Morgan fingerprint density at radius 3 is 2.42 bits per heavy atom. The molecule has 3 aromatic carbocycles. The molecule has 0 bridgehead atoms. The van der Waals surface area contributed by atoms with E-state index in [2.05, 4.69) is 57.2 Å². The number of hydrogen-bond donors (Lipinski definition) is 3. The van der Waals surface area contributed by atoms with E-state index in [1.165, 1.54) is 44.6 Å². The summed E-state index contributed by atoms with van der Waals surface area (Å²) in [5.41, 5.74) is 0.457. The van der Waals surface area contributed by atoms with E-state index < -0.39 is 15.9 Å². The quantitative estimate of drug-likeness (QED) is 0.206. The van der Waals surface area contributed by atoms with Gasteiger partial charge in [-0.05, 0) is 81.4 Å². The summed E-state index contributed by atoms with van der Waals surface area (Å²) in [7, 11) is -1.25. The van der Waals surface area contributed by atoms with Crippen LogP contribution in [0.25, 0.3) is 10.8 Å². The van der Waals surface area contributed by atoms with E-state index in [0.717, 1.165) is 19.7 Å². The van der Waals surface area contributed by atoms with Gasteiger partial charge in [0.2, 0.25) is 5.88 Å². The van der Waals surface area contributed by atoms with Crippen LogP contribution in [-0.4, -0.2) is 50.2 Å². The molecule has 0 spiro atoms. The molecule has 15 heteroatoms. The second-order valence-electron chi connectivity index (χ2n) is 7.95. The van der Waals surface area contributed by atoms with Crippen molar-refractivity contribution in [3.63, 3.8) is 0 Å². The van der Waals surface area contributed by atoms with Gasteiger partial charge in [0, 0.05) is 16.2 Å². The molecule has 3 N–H and O–H groups in total. The van der Waals surface area contributed by atoms with Crippen molar-refractivity contribution in [3.8, 4) is 17.6 Å². The first kappa shape index (κ1) is 29.5. The summed E-state index contributed by atoms with van der Waals surface area (Å²) in [6.45, 7) is -0.274. The van der Waals surface area contributed by atoms with Crippen molar-refractivity contribution in [1.29, 1.82) is 0 Å². The van der Waals surface area contributed by atoms with E-state index in [1.54, 1.807) is 6.07 Å². The topological polar surface area (TPSA) is 141 Å². The number of thiocarbonyl (C=S) groups is 1. The number of aromatic nitrogens is 2. The van der Waals surface area contributed by atoms with Gasteiger partial charge in [0.05, 0.1) is 23.6 Å². The van der Waals surface area contributed by atoms with E-state index in [4.69, 9.17) is 26.4 Å². The number of methoxy groups -OCH3 is 2. The lowest BCUT2D eigenvalue weighted by atomic mass is 10.1. The average molecular weight is 711 g/mol. The van der Waals surface area contributed by atoms with E-state index in [1.807, 2.05) is 24.3 Å². The molecule has 4 rings (SSSR count). The van der Waals surface area contributed by atoms with E-state index in [9.17, 15) is 13.2 Å². The maximum absolute atomic E-state index is 12.8. The summed E-state index contributed by atoms with van der Waals surface area (Å²) in [6.07, 6.45) is 0. The summed E-state index contributed by atoms with van der Waals surface area (Å²) in [6, 6.07) is 16.5. The number of fused-ring (bicyclic) bond motifs is 1. The number of sulfonamides is 1. The number of benzene rings is 3. The lowest BCUT2D eigenvalue weighted by molar-refractivity contribution is -0.121. The number of carbonyl (C=O) groups excluding carboxylic acids is 1. The zero-order valence-electron chi connectivity index (χ0n) is 20.9. The van der Waals surface area contributed by atoms with Crippen LogP contribution in [0.1, 0.15) is 0 Å². The fourth-order valence-electron chi connectivity index (χ4n) is 3.39. The van der Waals surface area contributed by atoms with Crippen LogP contribution in [0, 0.1) is 0 Å². The highest BCUT2D eigenvalue weighted by Gasteiger charge is 2.17. The molecule has 1 amide bonds. The zero-order chi connectivity index (χ0) is 28.9. The largest absolute Gasteiger partial charge is 0.483 e. The second-order valence-corrected chi connectivity index (χ2v) is 11.7. The zero-order valence-corrected chi connectivity index (χ0v) is 25.7. The van der Waals surface area contributed by atoms with Crippen LogP contribution in [-0.2, 0) is 14.8 Å². The van der Waals surface area contributed by atoms with Gasteiger partial charge >= 0.3 is 6.01 Å². The van der Waals surface area contributed by atoms with Gasteiger partial charge in [-0.15, -0.1) is 0 Å². The third-order valence-electron chi connectivity index (χ3n) is 5.23. The predicted molar refractivity (Wildman–Crippen MR) is 162 cm³/mol. The van der Waals surface area contributed by atoms with Crippen molar-refractivity contribution in [1.82, 2.24) is 15.3 Å². The normalized spacial score (nSPS) is 11.0. The molecular formula is C25H21Br2N5O6S2. The second kappa shape index (κ2) is 12.8. The van der Waals surface area contributed by atoms with Gasteiger partial charge in [0.25, 0.3) is 15.9 Å².